The number of aromatic nitrogens is 2. The monoisotopic (exact) mass is 293 g/mol. The number of ether oxygens (including phenoxy) is 2. The van der Waals surface area contributed by atoms with Crippen molar-refractivity contribution in [3.05, 3.63) is 18.5 Å². The number of fused-ring (bicyclic) bond motifs is 1. The lowest BCUT2D eigenvalue weighted by Crippen LogP contribution is -2.22. The molecule has 1 aromatic heterocycles. The van der Waals surface area contributed by atoms with E-state index in [0.29, 0.717) is 27.8 Å². The zero-order valence-electron chi connectivity index (χ0n) is 11.1. The molecule has 0 fully saturated rings. The molecule has 0 aliphatic heterocycles. The third kappa shape index (κ3) is 3.11. The van der Waals surface area contributed by atoms with Gasteiger partial charge >= 0.3 is 0 Å². The SMILES string of the molecule is COc1cc2ncnc(SCCC(=O)[O-])c2cc1OC. The summed E-state index contributed by atoms with van der Waals surface area (Å²) in [5, 5.41) is 11.9. The summed E-state index contributed by atoms with van der Waals surface area (Å²) in [5.74, 6) is 0.485. The number of carboxylic acids is 1. The van der Waals surface area contributed by atoms with Gasteiger partial charge in [-0.05, 0) is 12.5 Å². The van der Waals surface area contributed by atoms with E-state index in [1.807, 2.05) is 0 Å². The van der Waals surface area contributed by atoms with Gasteiger partial charge in [0.2, 0.25) is 0 Å². The number of nitrogens with zero attached hydrogens (tertiary/aromatic N) is 2. The van der Waals surface area contributed by atoms with E-state index in [2.05, 4.69) is 9.97 Å². The van der Waals surface area contributed by atoms with Crippen LogP contribution in [-0.4, -0.2) is 35.9 Å². The van der Waals surface area contributed by atoms with Crippen LogP contribution in [0.4, 0.5) is 0 Å². The van der Waals surface area contributed by atoms with Crippen molar-refractivity contribution in [2.75, 3.05) is 20.0 Å². The Morgan fingerprint density at radius 2 is 1.95 bits per heavy atom. The minimum Gasteiger partial charge on any atom is -0.550 e. The Morgan fingerprint density at radius 1 is 1.25 bits per heavy atom. The molecule has 0 saturated heterocycles. The van der Waals surface area contributed by atoms with E-state index < -0.39 is 5.97 Å². The van der Waals surface area contributed by atoms with E-state index in [1.165, 1.54) is 18.1 Å². The van der Waals surface area contributed by atoms with Crippen molar-refractivity contribution < 1.29 is 19.4 Å². The highest BCUT2D eigenvalue weighted by atomic mass is 32.2. The lowest BCUT2D eigenvalue weighted by molar-refractivity contribution is -0.305. The van der Waals surface area contributed by atoms with E-state index in [1.54, 1.807) is 26.4 Å². The maximum atomic E-state index is 10.4. The Kier molecular flexibility index (Phi) is 4.62. The largest absolute Gasteiger partial charge is 0.550 e. The van der Waals surface area contributed by atoms with Crippen LogP contribution in [0.3, 0.4) is 0 Å². The molecule has 0 spiro atoms. The van der Waals surface area contributed by atoms with Crippen molar-refractivity contribution in [1.82, 2.24) is 9.97 Å². The number of thioether (sulfide) groups is 1. The molecule has 2 aromatic rings. The lowest BCUT2D eigenvalue weighted by Gasteiger charge is -2.10. The molecule has 6 nitrogen and oxygen atoms in total. The molecule has 2 rings (SSSR count). The average Bonchev–Trinajstić information content (AvgIpc) is 2.45. The summed E-state index contributed by atoms with van der Waals surface area (Å²) in [6.07, 6.45) is 1.42. The predicted octanol–water partition coefficient (Wildman–Crippen LogP) is 0.879. The normalized spacial score (nSPS) is 10.5. The molecule has 1 heterocycles. The van der Waals surface area contributed by atoms with Gasteiger partial charge in [0, 0.05) is 23.2 Å². The van der Waals surface area contributed by atoms with Gasteiger partial charge in [0.1, 0.15) is 11.4 Å². The summed E-state index contributed by atoms with van der Waals surface area (Å²) in [6, 6.07) is 3.55. The molecule has 0 aliphatic rings. The van der Waals surface area contributed by atoms with Gasteiger partial charge in [0.15, 0.2) is 11.5 Å². The van der Waals surface area contributed by atoms with Gasteiger partial charge < -0.3 is 19.4 Å². The van der Waals surface area contributed by atoms with Crippen LogP contribution in [-0.2, 0) is 4.79 Å². The highest BCUT2D eigenvalue weighted by Gasteiger charge is 2.11. The summed E-state index contributed by atoms with van der Waals surface area (Å²) in [6.45, 7) is 0. The first-order valence-electron chi connectivity index (χ1n) is 5.85. The smallest absolute Gasteiger partial charge is 0.162 e. The Labute approximate surface area is 120 Å². The Morgan fingerprint density at radius 3 is 2.60 bits per heavy atom. The van der Waals surface area contributed by atoms with E-state index in [0.717, 1.165) is 5.39 Å². The van der Waals surface area contributed by atoms with E-state index in [9.17, 15) is 9.90 Å². The van der Waals surface area contributed by atoms with Crippen LogP contribution in [0.1, 0.15) is 6.42 Å². The fourth-order valence-corrected chi connectivity index (χ4v) is 2.61. The molecule has 0 saturated carbocycles. The molecule has 0 unspecified atom stereocenters. The molecule has 20 heavy (non-hydrogen) atoms. The van der Waals surface area contributed by atoms with Crippen molar-refractivity contribution >= 4 is 28.6 Å². The third-order valence-electron chi connectivity index (χ3n) is 2.65. The second-order valence-corrected chi connectivity index (χ2v) is 4.96. The lowest BCUT2D eigenvalue weighted by atomic mass is 10.2. The maximum Gasteiger partial charge on any atom is 0.162 e. The quantitative estimate of drug-likeness (QED) is 0.577. The van der Waals surface area contributed by atoms with Crippen molar-refractivity contribution in [3.8, 4) is 11.5 Å². The van der Waals surface area contributed by atoms with Crippen LogP contribution < -0.4 is 14.6 Å². The molecular formula is C13H13N2O4S-. The van der Waals surface area contributed by atoms with Crippen LogP contribution in [0.5, 0.6) is 11.5 Å². The van der Waals surface area contributed by atoms with Crippen molar-refractivity contribution in [2.24, 2.45) is 0 Å². The van der Waals surface area contributed by atoms with E-state index in [-0.39, 0.29) is 6.42 Å². The molecule has 0 N–H and O–H groups in total. The van der Waals surface area contributed by atoms with Gasteiger partial charge in [0.05, 0.1) is 19.7 Å². The van der Waals surface area contributed by atoms with E-state index >= 15 is 0 Å². The Bertz CT molecular complexity index is 633. The Balaban J connectivity index is 2.37. The number of aliphatic carboxylic acids is 1. The fraction of sp³-hybridized carbons (Fsp3) is 0.308. The van der Waals surface area contributed by atoms with Gasteiger partial charge in [-0.2, -0.15) is 0 Å². The average molecular weight is 293 g/mol. The molecule has 0 bridgehead atoms. The molecule has 0 amide bonds. The summed E-state index contributed by atoms with van der Waals surface area (Å²) < 4.78 is 10.5. The highest BCUT2D eigenvalue weighted by Crippen LogP contribution is 2.34. The number of carbonyl (C=O) groups is 1. The van der Waals surface area contributed by atoms with E-state index in [4.69, 9.17) is 9.47 Å². The Hall–Kier alpha value is -2.02. The zero-order valence-corrected chi connectivity index (χ0v) is 11.9. The van der Waals surface area contributed by atoms with Gasteiger partial charge in [-0.25, -0.2) is 9.97 Å². The molecule has 0 radical (unpaired) electrons. The predicted molar refractivity (Wildman–Crippen MR) is 73.0 cm³/mol. The zero-order chi connectivity index (χ0) is 14.5. The van der Waals surface area contributed by atoms with Gasteiger partial charge in [-0.1, -0.05) is 0 Å². The van der Waals surface area contributed by atoms with Crippen LogP contribution in [0, 0.1) is 0 Å². The third-order valence-corrected chi connectivity index (χ3v) is 3.66. The van der Waals surface area contributed by atoms with Gasteiger partial charge in [-0.15, -0.1) is 11.8 Å². The van der Waals surface area contributed by atoms with Crippen LogP contribution in [0.25, 0.3) is 10.9 Å². The first-order valence-corrected chi connectivity index (χ1v) is 6.83. The minimum absolute atomic E-state index is 0.0244. The molecule has 106 valence electrons. The van der Waals surface area contributed by atoms with Crippen molar-refractivity contribution in [3.63, 3.8) is 0 Å². The number of rotatable bonds is 6. The number of benzene rings is 1. The second-order valence-electron chi connectivity index (χ2n) is 3.87. The van der Waals surface area contributed by atoms with Gasteiger partial charge in [-0.3, -0.25) is 0 Å². The standard InChI is InChI=1S/C13H14N2O4S/c1-18-10-5-8-9(6-11(10)19-2)14-7-15-13(8)20-4-3-12(16)17/h5-7H,3-4H2,1-2H3,(H,16,17)/p-1. The molecular weight excluding hydrogens is 280 g/mol. The summed E-state index contributed by atoms with van der Waals surface area (Å²) in [5.41, 5.74) is 0.716. The van der Waals surface area contributed by atoms with Crippen LogP contribution >= 0.6 is 11.8 Å². The summed E-state index contributed by atoms with van der Waals surface area (Å²) in [4.78, 5) is 18.8. The molecule has 1 aromatic carbocycles. The topological polar surface area (TPSA) is 84.4 Å². The first-order chi connectivity index (χ1) is 9.65. The van der Waals surface area contributed by atoms with Crippen molar-refractivity contribution in [1.29, 1.82) is 0 Å². The first kappa shape index (κ1) is 14.4. The number of methoxy groups -OCH3 is 2. The number of carbonyl (C=O) groups excluding carboxylic acids is 1. The molecule has 0 atom stereocenters. The van der Waals surface area contributed by atoms with Gasteiger partial charge in [0.25, 0.3) is 0 Å². The summed E-state index contributed by atoms with van der Waals surface area (Å²) in [7, 11) is 3.11. The fourth-order valence-electron chi connectivity index (χ4n) is 1.71. The molecule has 0 aliphatic carbocycles. The maximum absolute atomic E-state index is 10.4. The summed E-state index contributed by atoms with van der Waals surface area (Å²) >= 11 is 1.34. The number of hydrogen-bond donors (Lipinski definition) is 0. The second kappa shape index (κ2) is 6.42. The van der Waals surface area contributed by atoms with Crippen LogP contribution in [0.2, 0.25) is 0 Å². The minimum atomic E-state index is -1.07. The van der Waals surface area contributed by atoms with Crippen LogP contribution in [0.15, 0.2) is 23.5 Å². The molecule has 7 heteroatoms. The number of hydrogen-bond acceptors (Lipinski definition) is 7. The highest BCUT2D eigenvalue weighted by molar-refractivity contribution is 7.99. The van der Waals surface area contributed by atoms with Crippen molar-refractivity contribution in [2.45, 2.75) is 11.4 Å². The number of carboxylic acid groups (broad SMARTS) is 1.